The number of nitrogens with one attached hydrogen (secondary N) is 1. The number of nitrogens with zero attached hydrogens (tertiary/aromatic N) is 1. The normalized spacial score (nSPS) is 10.3. The quantitative estimate of drug-likeness (QED) is 0.874. The van der Waals surface area contributed by atoms with Gasteiger partial charge in [-0.2, -0.15) is 0 Å². The summed E-state index contributed by atoms with van der Waals surface area (Å²) in [5, 5.41) is 3.13. The maximum Gasteiger partial charge on any atom is 0.150 e. The molecule has 2 rings (SSSR count). The van der Waals surface area contributed by atoms with E-state index >= 15 is 0 Å². The zero-order valence-corrected chi connectivity index (χ0v) is 10.8. The molecule has 0 bridgehead atoms. The number of pyridine rings is 1. The molecule has 1 heterocycles. The fourth-order valence-corrected chi connectivity index (χ4v) is 1.85. The monoisotopic (exact) mass is 242 g/mol. The van der Waals surface area contributed by atoms with E-state index in [1.54, 1.807) is 12.4 Å². The van der Waals surface area contributed by atoms with E-state index in [1.165, 1.54) is 5.56 Å². The van der Waals surface area contributed by atoms with Crippen molar-refractivity contribution in [3.8, 4) is 11.5 Å². The Morgan fingerprint density at radius 2 is 1.94 bits per heavy atom. The summed E-state index contributed by atoms with van der Waals surface area (Å²) in [4.78, 5) is 4.13. The molecule has 0 aliphatic carbocycles. The molecule has 3 heteroatoms. The topological polar surface area (TPSA) is 34.1 Å². The third kappa shape index (κ3) is 2.87. The van der Waals surface area contributed by atoms with Gasteiger partial charge < -0.3 is 10.1 Å². The van der Waals surface area contributed by atoms with Crippen molar-refractivity contribution in [3.05, 3.63) is 53.9 Å². The van der Waals surface area contributed by atoms with E-state index in [-0.39, 0.29) is 0 Å². The minimum absolute atomic E-state index is 0.770. The number of ether oxygens (including phenoxy) is 1. The molecule has 0 saturated heterocycles. The van der Waals surface area contributed by atoms with Gasteiger partial charge >= 0.3 is 0 Å². The van der Waals surface area contributed by atoms with Gasteiger partial charge in [0.1, 0.15) is 11.5 Å². The van der Waals surface area contributed by atoms with Gasteiger partial charge in [0.2, 0.25) is 0 Å². The summed E-state index contributed by atoms with van der Waals surface area (Å²) in [6.45, 7) is 2.89. The van der Waals surface area contributed by atoms with Gasteiger partial charge in [-0.1, -0.05) is 25.1 Å². The van der Waals surface area contributed by atoms with Crippen LogP contribution in [0.5, 0.6) is 11.5 Å². The molecule has 0 unspecified atom stereocenters. The van der Waals surface area contributed by atoms with Crippen LogP contribution in [0.1, 0.15) is 18.1 Å². The van der Waals surface area contributed by atoms with Crippen molar-refractivity contribution in [2.75, 3.05) is 7.05 Å². The van der Waals surface area contributed by atoms with Crippen molar-refractivity contribution in [2.45, 2.75) is 19.9 Å². The molecule has 0 radical (unpaired) electrons. The molecule has 94 valence electrons. The summed E-state index contributed by atoms with van der Waals surface area (Å²) in [6, 6.07) is 10.1. The van der Waals surface area contributed by atoms with E-state index < -0.39 is 0 Å². The number of hydrogen-bond donors (Lipinski definition) is 1. The van der Waals surface area contributed by atoms with Gasteiger partial charge in [0, 0.05) is 18.3 Å². The average Bonchev–Trinajstić information content (AvgIpc) is 2.42. The molecule has 0 spiro atoms. The lowest BCUT2D eigenvalue weighted by molar-refractivity contribution is 0.466. The van der Waals surface area contributed by atoms with E-state index in [2.05, 4.69) is 23.3 Å². The van der Waals surface area contributed by atoms with Crippen molar-refractivity contribution in [1.82, 2.24) is 10.3 Å². The Morgan fingerprint density at radius 1 is 1.11 bits per heavy atom. The summed E-state index contributed by atoms with van der Waals surface area (Å²) in [5.41, 5.74) is 2.31. The van der Waals surface area contributed by atoms with Crippen LogP contribution in [-0.4, -0.2) is 12.0 Å². The predicted octanol–water partition coefficient (Wildman–Crippen LogP) is 3.16. The van der Waals surface area contributed by atoms with Crippen LogP contribution in [0.15, 0.2) is 42.7 Å². The van der Waals surface area contributed by atoms with Crippen molar-refractivity contribution in [3.63, 3.8) is 0 Å². The molecular formula is C15H18N2O. The largest absolute Gasteiger partial charge is 0.455 e. The maximum absolute atomic E-state index is 5.98. The number of para-hydroxylation sites is 1. The van der Waals surface area contributed by atoms with E-state index in [4.69, 9.17) is 4.74 Å². The Labute approximate surface area is 108 Å². The Bertz CT molecular complexity index is 511. The average molecular weight is 242 g/mol. The van der Waals surface area contributed by atoms with Crippen LogP contribution in [0.3, 0.4) is 0 Å². The zero-order valence-electron chi connectivity index (χ0n) is 10.8. The number of hydrogen-bond acceptors (Lipinski definition) is 3. The molecule has 1 N–H and O–H groups in total. The molecule has 0 atom stereocenters. The maximum atomic E-state index is 5.98. The second-order valence-corrected chi connectivity index (χ2v) is 4.08. The van der Waals surface area contributed by atoms with Crippen molar-refractivity contribution >= 4 is 0 Å². The molecule has 0 fully saturated rings. The highest BCUT2D eigenvalue weighted by atomic mass is 16.5. The molecule has 3 nitrogen and oxygen atoms in total. The molecule has 0 aliphatic rings. The van der Waals surface area contributed by atoms with Gasteiger partial charge in [-0.15, -0.1) is 0 Å². The second-order valence-electron chi connectivity index (χ2n) is 4.08. The highest BCUT2D eigenvalue weighted by Gasteiger charge is 2.06. The molecule has 0 amide bonds. The third-order valence-electron chi connectivity index (χ3n) is 2.81. The standard InChI is InChI=1S/C15H18N2O/c1-3-12-6-4-5-7-14(12)18-15-11-17-9-8-13(15)10-16-2/h4-9,11,16H,3,10H2,1-2H3. The van der Waals surface area contributed by atoms with Crippen LogP contribution in [0.4, 0.5) is 0 Å². The van der Waals surface area contributed by atoms with Gasteiger partial charge in [0.15, 0.2) is 0 Å². The van der Waals surface area contributed by atoms with E-state index in [1.807, 2.05) is 31.3 Å². The lowest BCUT2D eigenvalue weighted by Crippen LogP contribution is -2.06. The van der Waals surface area contributed by atoms with Crippen LogP contribution < -0.4 is 10.1 Å². The first-order valence-electron chi connectivity index (χ1n) is 6.18. The number of rotatable bonds is 5. The number of aryl methyl sites for hydroxylation is 1. The lowest BCUT2D eigenvalue weighted by Gasteiger charge is -2.12. The predicted molar refractivity (Wildman–Crippen MR) is 72.9 cm³/mol. The summed E-state index contributed by atoms with van der Waals surface area (Å²) in [7, 11) is 1.92. The van der Waals surface area contributed by atoms with Crippen molar-refractivity contribution < 1.29 is 4.74 Å². The highest BCUT2D eigenvalue weighted by Crippen LogP contribution is 2.27. The highest BCUT2D eigenvalue weighted by molar-refractivity contribution is 5.39. The van der Waals surface area contributed by atoms with Crippen LogP contribution in [0.25, 0.3) is 0 Å². The van der Waals surface area contributed by atoms with Gasteiger partial charge in [-0.05, 0) is 31.2 Å². The van der Waals surface area contributed by atoms with Gasteiger partial charge in [-0.3, -0.25) is 4.98 Å². The Morgan fingerprint density at radius 3 is 2.72 bits per heavy atom. The van der Waals surface area contributed by atoms with Crippen LogP contribution in [-0.2, 0) is 13.0 Å². The SMILES string of the molecule is CCc1ccccc1Oc1cnccc1CNC. The fraction of sp³-hybridized carbons (Fsp3) is 0.267. The van der Waals surface area contributed by atoms with Crippen LogP contribution >= 0.6 is 0 Å². The van der Waals surface area contributed by atoms with E-state index in [9.17, 15) is 0 Å². The molecule has 2 aromatic rings. The molecule has 0 saturated carbocycles. The van der Waals surface area contributed by atoms with Crippen molar-refractivity contribution in [1.29, 1.82) is 0 Å². The first kappa shape index (κ1) is 12.6. The number of benzene rings is 1. The summed E-state index contributed by atoms with van der Waals surface area (Å²) < 4.78 is 5.98. The number of aromatic nitrogens is 1. The summed E-state index contributed by atoms with van der Waals surface area (Å²) >= 11 is 0. The van der Waals surface area contributed by atoms with Crippen LogP contribution in [0, 0.1) is 0 Å². The summed E-state index contributed by atoms with van der Waals surface area (Å²) in [5.74, 6) is 1.72. The molecule has 1 aromatic heterocycles. The summed E-state index contributed by atoms with van der Waals surface area (Å²) in [6.07, 6.45) is 4.50. The van der Waals surface area contributed by atoms with Gasteiger partial charge in [0.05, 0.1) is 6.20 Å². The smallest absolute Gasteiger partial charge is 0.150 e. The van der Waals surface area contributed by atoms with E-state index in [0.717, 1.165) is 30.0 Å². The minimum Gasteiger partial charge on any atom is -0.455 e. The Kier molecular flexibility index (Phi) is 4.31. The first-order chi connectivity index (χ1) is 8.85. The lowest BCUT2D eigenvalue weighted by atomic mass is 10.1. The third-order valence-corrected chi connectivity index (χ3v) is 2.81. The minimum atomic E-state index is 0.770. The molecule has 18 heavy (non-hydrogen) atoms. The zero-order chi connectivity index (χ0) is 12.8. The Balaban J connectivity index is 2.28. The molecular weight excluding hydrogens is 224 g/mol. The first-order valence-corrected chi connectivity index (χ1v) is 6.18. The second kappa shape index (κ2) is 6.17. The van der Waals surface area contributed by atoms with E-state index in [0.29, 0.717) is 0 Å². The van der Waals surface area contributed by atoms with Crippen LogP contribution in [0.2, 0.25) is 0 Å². The molecule has 1 aromatic carbocycles. The van der Waals surface area contributed by atoms with Crippen molar-refractivity contribution in [2.24, 2.45) is 0 Å². The molecule has 0 aliphatic heterocycles. The fourth-order valence-electron chi connectivity index (χ4n) is 1.85. The van der Waals surface area contributed by atoms with Gasteiger partial charge in [-0.25, -0.2) is 0 Å². The van der Waals surface area contributed by atoms with Gasteiger partial charge in [0.25, 0.3) is 0 Å². The Hall–Kier alpha value is -1.87.